The number of halogens is 1. The Morgan fingerprint density at radius 3 is 2.53 bits per heavy atom. The Kier molecular flexibility index (Phi) is 5.20. The third-order valence-electron chi connectivity index (χ3n) is 2.49. The number of rotatable bonds is 5. The lowest BCUT2D eigenvalue weighted by Gasteiger charge is -2.23. The van der Waals surface area contributed by atoms with Gasteiger partial charge in [0, 0.05) is 11.6 Å². The van der Waals surface area contributed by atoms with E-state index < -0.39 is 10.0 Å². The van der Waals surface area contributed by atoms with E-state index in [0.29, 0.717) is 22.8 Å². The molecule has 0 aliphatic rings. The number of nitrogens with one attached hydrogen (secondary N) is 1. The number of likely N-dealkylation sites (N-methyl/N-ethyl adjacent to an activating group) is 1. The Morgan fingerprint density at radius 1 is 1.42 bits per heavy atom. The van der Waals surface area contributed by atoms with E-state index in [9.17, 15) is 13.2 Å². The number of carbonyl (C=O) groups is 1. The maximum absolute atomic E-state index is 11.8. The van der Waals surface area contributed by atoms with Gasteiger partial charge in [-0.3, -0.25) is 9.10 Å². The highest BCUT2D eigenvalue weighted by Gasteiger charge is 2.22. The molecule has 0 unspecified atom stereocenters. The van der Waals surface area contributed by atoms with Crippen LogP contribution in [0.3, 0.4) is 0 Å². The molecule has 0 aromatic heterocycles. The highest BCUT2D eigenvalue weighted by molar-refractivity contribution is 7.92. The predicted octanol–water partition coefficient (Wildman–Crippen LogP) is 1.55. The first-order valence-electron chi connectivity index (χ1n) is 5.76. The van der Waals surface area contributed by atoms with Crippen LogP contribution >= 0.6 is 11.6 Å². The van der Waals surface area contributed by atoms with Crippen molar-refractivity contribution in [3.05, 3.63) is 28.8 Å². The molecular formula is C12H17ClN2O3S. The van der Waals surface area contributed by atoms with Crippen LogP contribution in [-0.2, 0) is 14.8 Å². The summed E-state index contributed by atoms with van der Waals surface area (Å²) in [5, 5.41) is 3.10. The van der Waals surface area contributed by atoms with Gasteiger partial charge in [0.05, 0.1) is 11.9 Å². The van der Waals surface area contributed by atoms with Crippen LogP contribution in [0.5, 0.6) is 0 Å². The second-order valence-electron chi connectivity index (χ2n) is 4.15. The molecule has 0 aliphatic heterocycles. The van der Waals surface area contributed by atoms with Gasteiger partial charge < -0.3 is 5.32 Å². The smallest absolute Gasteiger partial charge is 0.240 e. The summed E-state index contributed by atoms with van der Waals surface area (Å²) in [6.45, 7) is 3.73. The summed E-state index contributed by atoms with van der Waals surface area (Å²) >= 11 is 5.84. The van der Waals surface area contributed by atoms with Crippen LogP contribution < -0.4 is 9.62 Å². The maximum Gasteiger partial charge on any atom is 0.240 e. The molecule has 0 fully saturated rings. The van der Waals surface area contributed by atoms with Crippen molar-refractivity contribution in [1.29, 1.82) is 0 Å². The number of anilines is 1. The van der Waals surface area contributed by atoms with E-state index in [4.69, 9.17) is 11.6 Å². The summed E-state index contributed by atoms with van der Waals surface area (Å²) < 4.78 is 24.7. The predicted molar refractivity (Wildman–Crippen MR) is 77.1 cm³/mol. The molecule has 0 radical (unpaired) electrons. The molecule has 0 atom stereocenters. The largest absolute Gasteiger partial charge is 0.355 e. The van der Waals surface area contributed by atoms with Crippen LogP contribution in [-0.4, -0.2) is 33.7 Å². The van der Waals surface area contributed by atoms with Crippen LogP contribution in [0.4, 0.5) is 5.69 Å². The monoisotopic (exact) mass is 304 g/mol. The van der Waals surface area contributed by atoms with Gasteiger partial charge in [0.25, 0.3) is 0 Å². The molecule has 1 aromatic carbocycles. The van der Waals surface area contributed by atoms with E-state index in [0.717, 1.165) is 10.6 Å². The number of benzene rings is 1. The zero-order chi connectivity index (χ0) is 14.6. The fourth-order valence-corrected chi connectivity index (χ4v) is 2.80. The molecule has 106 valence electrons. The Bertz CT molecular complexity index is 572. The SMILES string of the molecule is CCNC(=O)CN(c1ccc(Cl)cc1C)S(C)(=O)=O. The molecule has 1 N–H and O–H groups in total. The molecule has 0 saturated heterocycles. The number of nitrogens with zero attached hydrogens (tertiary/aromatic N) is 1. The van der Waals surface area contributed by atoms with E-state index >= 15 is 0 Å². The minimum atomic E-state index is -3.54. The second kappa shape index (κ2) is 6.25. The lowest BCUT2D eigenvalue weighted by atomic mass is 10.2. The number of aryl methyl sites for hydroxylation is 1. The first kappa shape index (κ1) is 15.8. The van der Waals surface area contributed by atoms with Crippen molar-refractivity contribution in [2.24, 2.45) is 0 Å². The molecule has 0 bridgehead atoms. The summed E-state index contributed by atoms with van der Waals surface area (Å²) in [6.07, 6.45) is 1.07. The van der Waals surface area contributed by atoms with Crippen molar-refractivity contribution in [3.63, 3.8) is 0 Å². The molecule has 0 saturated carbocycles. The van der Waals surface area contributed by atoms with Crippen molar-refractivity contribution in [2.75, 3.05) is 23.7 Å². The molecule has 1 rings (SSSR count). The standard InChI is InChI=1S/C12H17ClN2O3S/c1-4-14-12(16)8-15(19(3,17)18)11-6-5-10(13)7-9(11)2/h5-7H,4,8H2,1-3H3,(H,14,16). The van der Waals surface area contributed by atoms with E-state index in [1.165, 1.54) is 0 Å². The van der Waals surface area contributed by atoms with Gasteiger partial charge in [-0.05, 0) is 37.6 Å². The number of hydrogen-bond donors (Lipinski definition) is 1. The third kappa shape index (κ3) is 4.40. The van der Waals surface area contributed by atoms with Crippen LogP contribution in [0.2, 0.25) is 5.02 Å². The van der Waals surface area contributed by atoms with E-state index in [2.05, 4.69) is 5.32 Å². The average molecular weight is 305 g/mol. The first-order valence-corrected chi connectivity index (χ1v) is 7.99. The number of sulfonamides is 1. The minimum Gasteiger partial charge on any atom is -0.355 e. The van der Waals surface area contributed by atoms with Gasteiger partial charge in [0.1, 0.15) is 6.54 Å². The highest BCUT2D eigenvalue weighted by Crippen LogP contribution is 2.25. The lowest BCUT2D eigenvalue weighted by Crippen LogP contribution is -2.40. The summed E-state index contributed by atoms with van der Waals surface area (Å²) in [6, 6.07) is 4.85. The summed E-state index contributed by atoms with van der Waals surface area (Å²) in [4.78, 5) is 11.6. The summed E-state index contributed by atoms with van der Waals surface area (Å²) in [5.74, 6) is -0.345. The molecule has 0 aliphatic carbocycles. The fourth-order valence-electron chi connectivity index (χ4n) is 1.66. The van der Waals surface area contributed by atoms with Gasteiger partial charge >= 0.3 is 0 Å². The van der Waals surface area contributed by atoms with Crippen LogP contribution in [0.25, 0.3) is 0 Å². The zero-order valence-electron chi connectivity index (χ0n) is 11.1. The lowest BCUT2D eigenvalue weighted by molar-refractivity contribution is -0.119. The Morgan fingerprint density at radius 2 is 2.05 bits per heavy atom. The minimum absolute atomic E-state index is 0.241. The Labute approximate surface area is 118 Å². The van der Waals surface area contributed by atoms with Gasteiger partial charge in [0.2, 0.25) is 15.9 Å². The Hall–Kier alpha value is -1.27. The Balaban J connectivity index is 3.14. The molecule has 0 spiro atoms. The quantitative estimate of drug-likeness (QED) is 0.897. The van der Waals surface area contributed by atoms with E-state index in [1.54, 1.807) is 32.0 Å². The average Bonchev–Trinajstić information content (AvgIpc) is 2.25. The second-order valence-corrected chi connectivity index (χ2v) is 6.50. The van der Waals surface area contributed by atoms with Crippen molar-refractivity contribution < 1.29 is 13.2 Å². The zero-order valence-corrected chi connectivity index (χ0v) is 12.7. The molecular weight excluding hydrogens is 288 g/mol. The first-order chi connectivity index (χ1) is 8.75. The number of amides is 1. The highest BCUT2D eigenvalue weighted by atomic mass is 35.5. The van der Waals surface area contributed by atoms with Gasteiger partial charge in [-0.1, -0.05) is 11.6 Å². The van der Waals surface area contributed by atoms with Gasteiger partial charge in [0.15, 0.2) is 0 Å². The van der Waals surface area contributed by atoms with E-state index in [1.807, 2.05) is 0 Å². The van der Waals surface area contributed by atoms with Crippen molar-refractivity contribution >= 4 is 33.2 Å². The van der Waals surface area contributed by atoms with Gasteiger partial charge in [-0.2, -0.15) is 0 Å². The number of hydrogen-bond acceptors (Lipinski definition) is 3. The molecule has 7 heteroatoms. The van der Waals surface area contributed by atoms with Crippen molar-refractivity contribution in [2.45, 2.75) is 13.8 Å². The van der Waals surface area contributed by atoms with E-state index in [-0.39, 0.29) is 12.5 Å². The van der Waals surface area contributed by atoms with Crippen LogP contribution in [0, 0.1) is 6.92 Å². The molecule has 1 aromatic rings. The fraction of sp³-hybridized carbons (Fsp3) is 0.417. The van der Waals surface area contributed by atoms with Crippen LogP contribution in [0.1, 0.15) is 12.5 Å². The maximum atomic E-state index is 11.8. The molecule has 0 heterocycles. The van der Waals surface area contributed by atoms with Crippen molar-refractivity contribution in [1.82, 2.24) is 5.32 Å². The molecule has 1 amide bonds. The topological polar surface area (TPSA) is 66.5 Å². The third-order valence-corrected chi connectivity index (χ3v) is 3.85. The summed E-state index contributed by atoms with van der Waals surface area (Å²) in [5.41, 5.74) is 1.15. The van der Waals surface area contributed by atoms with Gasteiger partial charge in [-0.25, -0.2) is 8.42 Å². The molecule has 5 nitrogen and oxygen atoms in total. The van der Waals surface area contributed by atoms with Crippen LogP contribution in [0.15, 0.2) is 18.2 Å². The number of carbonyl (C=O) groups excluding carboxylic acids is 1. The van der Waals surface area contributed by atoms with Crippen molar-refractivity contribution in [3.8, 4) is 0 Å². The molecule has 19 heavy (non-hydrogen) atoms. The summed E-state index contributed by atoms with van der Waals surface area (Å²) in [7, 11) is -3.54. The van der Waals surface area contributed by atoms with Gasteiger partial charge in [-0.15, -0.1) is 0 Å². The normalized spacial score (nSPS) is 11.2.